The lowest BCUT2D eigenvalue weighted by atomic mass is 9.62. The predicted octanol–water partition coefficient (Wildman–Crippen LogP) is 2.38. The van der Waals surface area contributed by atoms with Crippen molar-refractivity contribution in [2.75, 3.05) is 5.32 Å². The zero-order chi connectivity index (χ0) is 13.3. The van der Waals surface area contributed by atoms with Crippen LogP contribution in [0.1, 0.15) is 19.8 Å². The van der Waals surface area contributed by atoms with Crippen LogP contribution < -0.4 is 11.1 Å². The molecule has 0 unspecified atom stereocenters. The second-order valence-corrected chi connectivity index (χ2v) is 5.59. The first-order valence-electron chi connectivity index (χ1n) is 5.67. The summed E-state index contributed by atoms with van der Waals surface area (Å²) in [5, 5.41) is 3.10. The van der Waals surface area contributed by atoms with E-state index in [-0.39, 0.29) is 10.9 Å². The van der Waals surface area contributed by atoms with Crippen molar-refractivity contribution in [2.24, 2.45) is 17.1 Å². The Morgan fingerprint density at radius 2 is 2.33 bits per heavy atom. The molecule has 18 heavy (non-hydrogen) atoms. The number of aromatic nitrogens is 1. The van der Waals surface area contributed by atoms with Gasteiger partial charge in [-0.05, 0) is 30.9 Å². The topological polar surface area (TPSA) is 68.0 Å². The third-order valence-electron chi connectivity index (χ3n) is 3.29. The number of nitrogens with zero attached hydrogens (tertiary/aromatic N) is 1. The average Bonchev–Trinajstić information content (AvgIpc) is 2.27. The minimum atomic E-state index is -0.740. The molecule has 3 N–H and O–H groups in total. The minimum absolute atomic E-state index is 0.214. The highest BCUT2D eigenvalue weighted by Crippen LogP contribution is 2.46. The SMILES string of the molecule is CC1CC(C(=O)Nc2ncccc2Cl)(C(N)=S)C1. The molecule has 1 aliphatic rings. The molecule has 0 aromatic carbocycles. The van der Waals surface area contributed by atoms with Crippen LogP contribution in [0, 0.1) is 11.3 Å². The summed E-state index contributed by atoms with van der Waals surface area (Å²) in [7, 11) is 0. The van der Waals surface area contributed by atoms with Gasteiger partial charge in [-0.3, -0.25) is 4.79 Å². The van der Waals surface area contributed by atoms with Gasteiger partial charge in [0.1, 0.15) is 0 Å². The molecule has 0 bridgehead atoms. The first-order valence-corrected chi connectivity index (χ1v) is 6.46. The maximum absolute atomic E-state index is 12.3. The average molecular weight is 284 g/mol. The second-order valence-electron chi connectivity index (χ2n) is 4.75. The molecule has 0 spiro atoms. The molecule has 1 aromatic heterocycles. The summed E-state index contributed by atoms with van der Waals surface area (Å²) in [6, 6.07) is 3.37. The van der Waals surface area contributed by atoms with Crippen molar-refractivity contribution >= 4 is 40.5 Å². The predicted molar refractivity (Wildman–Crippen MR) is 75.5 cm³/mol. The first kappa shape index (κ1) is 13.2. The zero-order valence-corrected chi connectivity index (χ0v) is 11.5. The van der Waals surface area contributed by atoms with Crippen molar-refractivity contribution in [3.8, 4) is 0 Å². The molecule has 6 heteroatoms. The van der Waals surface area contributed by atoms with Crippen molar-refractivity contribution in [1.29, 1.82) is 0 Å². The molecule has 0 radical (unpaired) electrons. The second kappa shape index (κ2) is 4.82. The number of carbonyl (C=O) groups excluding carboxylic acids is 1. The van der Waals surface area contributed by atoms with Crippen molar-refractivity contribution in [3.05, 3.63) is 23.4 Å². The Morgan fingerprint density at radius 3 is 2.83 bits per heavy atom. The number of hydrogen-bond donors (Lipinski definition) is 2. The number of nitrogens with one attached hydrogen (secondary N) is 1. The maximum Gasteiger partial charge on any atom is 0.238 e. The summed E-state index contributed by atoms with van der Waals surface area (Å²) in [6.45, 7) is 2.07. The Bertz CT molecular complexity index is 500. The largest absolute Gasteiger partial charge is 0.392 e. The maximum atomic E-state index is 12.3. The molecule has 0 saturated heterocycles. The molecule has 1 aliphatic carbocycles. The van der Waals surface area contributed by atoms with Gasteiger partial charge in [-0.2, -0.15) is 0 Å². The number of amides is 1. The van der Waals surface area contributed by atoms with Crippen LogP contribution in [0.3, 0.4) is 0 Å². The molecule has 1 heterocycles. The van der Waals surface area contributed by atoms with E-state index in [1.54, 1.807) is 18.3 Å². The van der Waals surface area contributed by atoms with E-state index in [2.05, 4.69) is 17.2 Å². The van der Waals surface area contributed by atoms with Crippen molar-refractivity contribution in [1.82, 2.24) is 4.98 Å². The summed E-state index contributed by atoms with van der Waals surface area (Å²) >= 11 is 11.0. The van der Waals surface area contributed by atoms with Crippen molar-refractivity contribution in [2.45, 2.75) is 19.8 Å². The van der Waals surface area contributed by atoms with E-state index in [4.69, 9.17) is 29.6 Å². The third-order valence-corrected chi connectivity index (χ3v) is 3.99. The van der Waals surface area contributed by atoms with E-state index in [9.17, 15) is 4.79 Å². The number of hydrogen-bond acceptors (Lipinski definition) is 3. The number of pyridine rings is 1. The number of halogens is 1. The molecule has 0 atom stereocenters. The Morgan fingerprint density at radius 1 is 1.67 bits per heavy atom. The summed E-state index contributed by atoms with van der Waals surface area (Å²) in [5.74, 6) is 0.587. The van der Waals surface area contributed by atoms with Crippen molar-refractivity contribution < 1.29 is 4.79 Å². The fourth-order valence-corrected chi connectivity index (χ4v) is 2.76. The van der Waals surface area contributed by atoms with Gasteiger partial charge >= 0.3 is 0 Å². The smallest absolute Gasteiger partial charge is 0.238 e. The molecule has 0 aliphatic heterocycles. The number of thiocarbonyl (C=S) groups is 1. The van der Waals surface area contributed by atoms with E-state index in [1.807, 2.05) is 0 Å². The van der Waals surface area contributed by atoms with Crippen LogP contribution in [-0.2, 0) is 4.79 Å². The van der Waals surface area contributed by atoms with E-state index in [0.29, 0.717) is 29.6 Å². The van der Waals surface area contributed by atoms with Gasteiger partial charge in [0, 0.05) is 6.20 Å². The van der Waals surface area contributed by atoms with E-state index in [0.717, 1.165) is 0 Å². The number of carbonyl (C=O) groups is 1. The normalized spacial score (nSPS) is 26.2. The van der Waals surface area contributed by atoms with Crippen LogP contribution in [0.5, 0.6) is 0 Å². The van der Waals surface area contributed by atoms with Crippen LogP contribution in [0.25, 0.3) is 0 Å². The van der Waals surface area contributed by atoms with Gasteiger partial charge < -0.3 is 11.1 Å². The van der Waals surface area contributed by atoms with Crippen molar-refractivity contribution in [3.63, 3.8) is 0 Å². The van der Waals surface area contributed by atoms with Crippen LogP contribution >= 0.6 is 23.8 Å². The van der Waals surface area contributed by atoms with Gasteiger partial charge in [-0.25, -0.2) is 4.98 Å². The molecule has 2 rings (SSSR count). The van der Waals surface area contributed by atoms with Gasteiger partial charge in [-0.15, -0.1) is 0 Å². The summed E-state index contributed by atoms with van der Waals surface area (Å²) in [6.07, 6.45) is 2.93. The van der Waals surface area contributed by atoms with Crippen LogP contribution in [0.15, 0.2) is 18.3 Å². The minimum Gasteiger partial charge on any atom is -0.392 e. The standard InChI is InChI=1S/C12H14ClN3OS/c1-7-5-12(6-7,10(14)18)11(17)16-9-8(13)3-2-4-15-9/h2-4,7H,5-6H2,1H3,(H2,14,18)(H,15,16,17). The fraction of sp³-hybridized carbons (Fsp3) is 0.417. The molecule has 1 saturated carbocycles. The quantitative estimate of drug-likeness (QED) is 0.836. The van der Waals surface area contributed by atoms with Crippen LogP contribution in [0.2, 0.25) is 5.02 Å². The van der Waals surface area contributed by atoms with E-state index in [1.165, 1.54) is 0 Å². The van der Waals surface area contributed by atoms with E-state index >= 15 is 0 Å². The summed E-state index contributed by atoms with van der Waals surface area (Å²) in [5.41, 5.74) is 4.96. The first-order chi connectivity index (χ1) is 8.45. The summed E-state index contributed by atoms with van der Waals surface area (Å²) in [4.78, 5) is 16.5. The van der Waals surface area contributed by atoms with Gasteiger partial charge in [0.05, 0.1) is 15.4 Å². The highest BCUT2D eigenvalue weighted by molar-refractivity contribution is 7.80. The van der Waals surface area contributed by atoms with Gasteiger partial charge in [-0.1, -0.05) is 30.7 Å². The Kier molecular flexibility index (Phi) is 3.54. The molecule has 1 fully saturated rings. The highest BCUT2D eigenvalue weighted by atomic mass is 35.5. The molecule has 1 aromatic rings. The molecule has 1 amide bonds. The summed E-state index contributed by atoms with van der Waals surface area (Å²) < 4.78 is 0. The lowest BCUT2D eigenvalue weighted by molar-refractivity contribution is -0.127. The van der Waals surface area contributed by atoms with Gasteiger partial charge in [0.2, 0.25) is 5.91 Å². The molecular weight excluding hydrogens is 270 g/mol. The van der Waals surface area contributed by atoms with E-state index < -0.39 is 5.41 Å². The molecule has 4 nitrogen and oxygen atoms in total. The number of anilines is 1. The van der Waals surface area contributed by atoms with Crippen LogP contribution in [-0.4, -0.2) is 15.9 Å². The van der Waals surface area contributed by atoms with Crippen LogP contribution in [0.4, 0.5) is 5.82 Å². The third kappa shape index (κ3) is 2.20. The Balaban J connectivity index is 2.17. The number of rotatable bonds is 3. The van der Waals surface area contributed by atoms with Gasteiger partial charge in [0.25, 0.3) is 0 Å². The zero-order valence-electron chi connectivity index (χ0n) is 9.94. The fourth-order valence-electron chi connectivity index (χ4n) is 2.33. The molecule has 96 valence electrons. The lowest BCUT2D eigenvalue weighted by Crippen LogP contribution is -2.54. The lowest BCUT2D eigenvalue weighted by Gasteiger charge is -2.43. The highest BCUT2D eigenvalue weighted by Gasteiger charge is 2.51. The Hall–Kier alpha value is -1.20. The Labute approximate surface area is 116 Å². The monoisotopic (exact) mass is 283 g/mol. The molecular formula is C12H14ClN3OS. The number of nitrogens with two attached hydrogens (primary N) is 1. The van der Waals surface area contributed by atoms with Gasteiger partial charge in [0.15, 0.2) is 5.82 Å².